The van der Waals surface area contributed by atoms with Crippen molar-refractivity contribution in [2.75, 3.05) is 32.8 Å². The highest BCUT2D eigenvalue weighted by atomic mass is 16.5. The summed E-state index contributed by atoms with van der Waals surface area (Å²) in [5.41, 5.74) is 7.47. The minimum absolute atomic E-state index is 0.0708. The van der Waals surface area contributed by atoms with Crippen LogP contribution in [0.4, 0.5) is 0 Å². The van der Waals surface area contributed by atoms with Gasteiger partial charge in [0.1, 0.15) is 11.8 Å². The number of hydrogen-bond donors (Lipinski definition) is 1. The molecule has 1 aliphatic rings. The van der Waals surface area contributed by atoms with Crippen LogP contribution >= 0.6 is 0 Å². The number of piperazine rings is 1. The van der Waals surface area contributed by atoms with Crippen molar-refractivity contribution in [3.05, 3.63) is 65.7 Å². The van der Waals surface area contributed by atoms with Crippen LogP contribution in [-0.4, -0.2) is 54.4 Å². The molecule has 1 aliphatic heterocycles. The second kappa shape index (κ2) is 8.68. The molecule has 6 nitrogen and oxygen atoms in total. The Kier molecular flexibility index (Phi) is 6.08. The second-order valence-electron chi connectivity index (χ2n) is 6.44. The first-order valence-electron chi connectivity index (χ1n) is 9.22. The van der Waals surface area contributed by atoms with Gasteiger partial charge in [0.2, 0.25) is 5.91 Å². The Bertz CT molecular complexity index is 786. The van der Waals surface area contributed by atoms with E-state index in [0.717, 1.165) is 5.56 Å². The van der Waals surface area contributed by atoms with Gasteiger partial charge >= 0.3 is 0 Å². The summed E-state index contributed by atoms with van der Waals surface area (Å²) in [6, 6.07) is 15.9. The molecule has 1 saturated heterocycles. The lowest BCUT2D eigenvalue weighted by Crippen LogP contribution is -2.52. The molecule has 2 N–H and O–H groups in total. The fourth-order valence-electron chi connectivity index (χ4n) is 3.22. The summed E-state index contributed by atoms with van der Waals surface area (Å²) in [6.07, 6.45) is 0. The molecule has 0 aromatic heterocycles. The van der Waals surface area contributed by atoms with E-state index < -0.39 is 6.04 Å². The minimum Gasteiger partial charge on any atom is -0.493 e. The molecule has 0 bridgehead atoms. The highest BCUT2D eigenvalue weighted by Gasteiger charge is 2.29. The van der Waals surface area contributed by atoms with E-state index in [9.17, 15) is 9.59 Å². The summed E-state index contributed by atoms with van der Waals surface area (Å²) in [4.78, 5) is 29.0. The van der Waals surface area contributed by atoms with E-state index in [-0.39, 0.29) is 11.8 Å². The number of benzene rings is 2. The Labute approximate surface area is 159 Å². The summed E-state index contributed by atoms with van der Waals surface area (Å²) < 4.78 is 5.56. The highest BCUT2D eigenvalue weighted by molar-refractivity contribution is 5.97. The molecule has 3 rings (SSSR count). The third-order valence-corrected chi connectivity index (χ3v) is 4.72. The maximum Gasteiger partial charge on any atom is 0.257 e. The Balaban J connectivity index is 1.62. The maximum atomic E-state index is 12.8. The molecule has 27 heavy (non-hydrogen) atoms. The molecule has 1 heterocycles. The van der Waals surface area contributed by atoms with Gasteiger partial charge in [-0.1, -0.05) is 42.5 Å². The van der Waals surface area contributed by atoms with Gasteiger partial charge in [0.25, 0.3) is 5.91 Å². The van der Waals surface area contributed by atoms with Crippen LogP contribution < -0.4 is 10.5 Å². The number of nitrogens with two attached hydrogens (primary N) is 1. The van der Waals surface area contributed by atoms with E-state index in [1.807, 2.05) is 49.4 Å². The minimum atomic E-state index is -0.674. The molecule has 1 unspecified atom stereocenters. The number of hydrogen-bond acceptors (Lipinski definition) is 4. The zero-order valence-corrected chi connectivity index (χ0v) is 15.5. The van der Waals surface area contributed by atoms with Crippen LogP contribution in [-0.2, 0) is 4.79 Å². The van der Waals surface area contributed by atoms with Crippen molar-refractivity contribution in [2.24, 2.45) is 5.73 Å². The third kappa shape index (κ3) is 4.28. The quantitative estimate of drug-likeness (QED) is 0.878. The molecule has 2 aromatic carbocycles. The fraction of sp³-hybridized carbons (Fsp3) is 0.333. The zero-order valence-electron chi connectivity index (χ0n) is 15.5. The lowest BCUT2D eigenvalue weighted by molar-refractivity contribution is -0.134. The van der Waals surface area contributed by atoms with Crippen molar-refractivity contribution in [3.63, 3.8) is 0 Å². The van der Waals surface area contributed by atoms with Crippen molar-refractivity contribution in [3.8, 4) is 5.75 Å². The number of carbonyl (C=O) groups excluding carboxylic acids is 2. The lowest BCUT2D eigenvalue weighted by atomic mass is 10.1. The van der Waals surface area contributed by atoms with Crippen molar-refractivity contribution in [1.82, 2.24) is 9.80 Å². The van der Waals surface area contributed by atoms with E-state index >= 15 is 0 Å². The van der Waals surface area contributed by atoms with Gasteiger partial charge in [-0.05, 0) is 24.6 Å². The SMILES string of the molecule is CCOc1ccccc1C(=O)N1CCN(C(=O)C(N)c2ccccc2)CC1. The number of nitrogens with zero attached hydrogens (tertiary/aromatic N) is 2. The summed E-state index contributed by atoms with van der Waals surface area (Å²) in [7, 11) is 0. The molecule has 1 atom stereocenters. The Morgan fingerprint density at radius 1 is 0.963 bits per heavy atom. The van der Waals surface area contributed by atoms with Crippen LogP contribution in [0.15, 0.2) is 54.6 Å². The van der Waals surface area contributed by atoms with E-state index in [0.29, 0.717) is 44.1 Å². The van der Waals surface area contributed by atoms with Gasteiger partial charge in [0.05, 0.1) is 12.2 Å². The van der Waals surface area contributed by atoms with Crippen molar-refractivity contribution in [1.29, 1.82) is 0 Å². The fourth-order valence-corrected chi connectivity index (χ4v) is 3.22. The first-order valence-corrected chi connectivity index (χ1v) is 9.22. The van der Waals surface area contributed by atoms with E-state index in [1.165, 1.54) is 0 Å². The number of ether oxygens (including phenoxy) is 1. The Morgan fingerprint density at radius 2 is 1.56 bits per heavy atom. The number of carbonyl (C=O) groups is 2. The summed E-state index contributed by atoms with van der Waals surface area (Å²) in [5.74, 6) is 0.413. The van der Waals surface area contributed by atoms with Crippen molar-refractivity contribution >= 4 is 11.8 Å². The van der Waals surface area contributed by atoms with Crippen molar-refractivity contribution in [2.45, 2.75) is 13.0 Å². The average Bonchev–Trinajstić information content (AvgIpc) is 2.73. The molecule has 1 fully saturated rings. The molecule has 0 saturated carbocycles. The standard InChI is InChI=1S/C21H25N3O3/c1-2-27-18-11-7-6-10-17(18)20(25)23-12-14-24(15-13-23)21(26)19(22)16-8-4-3-5-9-16/h3-11,19H,2,12-15,22H2,1H3. The largest absolute Gasteiger partial charge is 0.493 e. The number of rotatable bonds is 5. The van der Waals surface area contributed by atoms with Gasteiger partial charge in [0, 0.05) is 26.2 Å². The monoisotopic (exact) mass is 367 g/mol. The first-order chi connectivity index (χ1) is 13.1. The molecular weight excluding hydrogens is 342 g/mol. The first kappa shape index (κ1) is 18.9. The molecule has 0 spiro atoms. The molecule has 6 heteroatoms. The van der Waals surface area contributed by atoms with Gasteiger partial charge in [-0.3, -0.25) is 9.59 Å². The number of para-hydroxylation sites is 1. The normalized spacial score (nSPS) is 15.3. The van der Waals surface area contributed by atoms with Crippen LogP contribution in [0, 0.1) is 0 Å². The maximum absolute atomic E-state index is 12.8. The van der Waals surface area contributed by atoms with Crippen LogP contribution in [0.2, 0.25) is 0 Å². The van der Waals surface area contributed by atoms with Crippen LogP contribution in [0.5, 0.6) is 5.75 Å². The molecule has 2 amide bonds. The summed E-state index contributed by atoms with van der Waals surface area (Å²) in [6.45, 7) is 4.30. The van der Waals surface area contributed by atoms with Gasteiger partial charge < -0.3 is 20.3 Å². The van der Waals surface area contributed by atoms with Gasteiger partial charge in [-0.15, -0.1) is 0 Å². The van der Waals surface area contributed by atoms with E-state index in [1.54, 1.807) is 21.9 Å². The predicted molar refractivity (Wildman–Crippen MR) is 103 cm³/mol. The smallest absolute Gasteiger partial charge is 0.257 e. The van der Waals surface area contributed by atoms with E-state index in [2.05, 4.69) is 0 Å². The summed E-state index contributed by atoms with van der Waals surface area (Å²) in [5, 5.41) is 0. The van der Waals surface area contributed by atoms with Gasteiger partial charge in [-0.25, -0.2) is 0 Å². The molecule has 142 valence electrons. The molecule has 0 aliphatic carbocycles. The van der Waals surface area contributed by atoms with Crippen LogP contribution in [0.25, 0.3) is 0 Å². The van der Waals surface area contributed by atoms with Crippen LogP contribution in [0.3, 0.4) is 0 Å². The van der Waals surface area contributed by atoms with Crippen LogP contribution in [0.1, 0.15) is 28.9 Å². The molecular formula is C21H25N3O3. The van der Waals surface area contributed by atoms with E-state index in [4.69, 9.17) is 10.5 Å². The topological polar surface area (TPSA) is 75.9 Å². The van der Waals surface area contributed by atoms with Gasteiger partial charge in [0.15, 0.2) is 0 Å². The predicted octanol–water partition coefficient (Wildman–Crippen LogP) is 2.07. The second-order valence-corrected chi connectivity index (χ2v) is 6.44. The Morgan fingerprint density at radius 3 is 2.22 bits per heavy atom. The van der Waals surface area contributed by atoms with Crippen molar-refractivity contribution < 1.29 is 14.3 Å². The lowest BCUT2D eigenvalue weighted by Gasteiger charge is -2.36. The molecule has 2 aromatic rings. The summed E-state index contributed by atoms with van der Waals surface area (Å²) >= 11 is 0. The third-order valence-electron chi connectivity index (χ3n) is 4.72. The zero-order chi connectivity index (χ0) is 19.2. The molecule has 0 radical (unpaired) electrons. The average molecular weight is 367 g/mol. The number of amides is 2. The highest BCUT2D eigenvalue weighted by Crippen LogP contribution is 2.21. The van der Waals surface area contributed by atoms with Gasteiger partial charge in [-0.2, -0.15) is 0 Å². The Hall–Kier alpha value is -2.86.